The van der Waals surface area contributed by atoms with Crippen LogP contribution in [-0.4, -0.2) is 26.0 Å². The lowest BCUT2D eigenvalue weighted by Crippen LogP contribution is -2.41. The molecule has 28 heavy (non-hydrogen) atoms. The lowest BCUT2D eigenvalue weighted by Gasteiger charge is -2.33. The zero-order valence-corrected chi connectivity index (χ0v) is 17.2. The summed E-state index contributed by atoms with van der Waals surface area (Å²) in [7, 11) is 0. The van der Waals surface area contributed by atoms with Gasteiger partial charge in [-0.1, -0.05) is 59.3 Å². The van der Waals surface area contributed by atoms with E-state index in [0.29, 0.717) is 5.16 Å². The van der Waals surface area contributed by atoms with Crippen LogP contribution in [0.1, 0.15) is 34.1 Å². The molecule has 0 fully saturated rings. The van der Waals surface area contributed by atoms with Crippen molar-refractivity contribution >= 4 is 23.4 Å². The standard InChI is InChI=1S/C21H23N5OS/c1-12-5-8-16(9-6-12)18-19(28-21-24-23-15(4)26(21)25-18)20(27)22-17-10-7-13(2)11-14(17)3/h5-11,18-19,25H,1-4H3,(H,22,27)/t18-,19+/m1/s1. The number of aromatic nitrogens is 3. The van der Waals surface area contributed by atoms with Crippen molar-refractivity contribution in [2.45, 2.75) is 44.1 Å². The summed E-state index contributed by atoms with van der Waals surface area (Å²) in [5, 5.41) is 11.8. The van der Waals surface area contributed by atoms with Gasteiger partial charge >= 0.3 is 0 Å². The van der Waals surface area contributed by atoms with E-state index < -0.39 is 0 Å². The second kappa shape index (κ2) is 7.31. The third-order valence-electron chi connectivity index (χ3n) is 4.93. The van der Waals surface area contributed by atoms with Crippen LogP contribution in [0.3, 0.4) is 0 Å². The number of amides is 1. The summed E-state index contributed by atoms with van der Waals surface area (Å²) < 4.78 is 1.86. The van der Waals surface area contributed by atoms with E-state index in [0.717, 1.165) is 22.6 Å². The molecule has 1 amide bonds. The molecule has 0 radical (unpaired) electrons. The minimum Gasteiger partial charge on any atom is -0.325 e. The molecule has 0 unspecified atom stereocenters. The fraction of sp³-hybridized carbons (Fsp3) is 0.286. The van der Waals surface area contributed by atoms with Crippen LogP contribution in [0.4, 0.5) is 5.69 Å². The number of thioether (sulfide) groups is 1. The molecule has 0 spiro atoms. The highest BCUT2D eigenvalue weighted by Crippen LogP contribution is 2.37. The number of nitrogens with one attached hydrogen (secondary N) is 2. The van der Waals surface area contributed by atoms with Crippen molar-refractivity contribution in [3.8, 4) is 0 Å². The topological polar surface area (TPSA) is 71.8 Å². The summed E-state index contributed by atoms with van der Waals surface area (Å²) in [6.07, 6.45) is 0. The Bertz CT molecular complexity index is 1030. The van der Waals surface area contributed by atoms with Gasteiger partial charge in [0.1, 0.15) is 11.1 Å². The van der Waals surface area contributed by atoms with Gasteiger partial charge < -0.3 is 10.7 Å². The third kappa shape index (κ3) is 3.49. The Hall–Kier alpha value is -2.80. The van der Waals surface area contributed by atoms with Crippen molar-refractivity contribution in [3.63, 3.8) is 0 Å². The highest BCUT2D eigenvalue weighted by molar-refractivity contribution is 8.00. The van der Waals surface area contributed by atoms with Gasteiger partial charge in [-0.25, -0.2) is 4.68 Å². The van der Waals surface area contributed by atoms with E-state index in [1.807, 2.05) is 37.6 Å². The lowest BCUT2D eigenvalue weighted by atomic mass is 10.0. The number of aryl methyl sites for hydroxylation is 4. The molecule has 2 atom stereocenters. The molecule has 144 valence electrons. The molecule has 1 aliphatic rings. The van der Waals surface area contributed by atoms with Gasteiger partial charge in [0.25, 0.3) is 0 Å². The molecule has 7 heteroatoms. The van der Waals surface area contributed by atoms with Crippen LogP contribution in [-0.2, 0) is 4.79 Å². The number of benzene rings is 2. The Morgan fingerprint density at radius 3 is 2.46 bits per heavy atom. The zero-order chi connectivity index (χ0) is 19.8. The number of hydrogen-bond acceptors (Lipinski definition) is 5. The maximum absolute atomic E-state index is 13.2. The summed E-state index contributed by atoms with van der Waals surface area (Å²) in [4.78, 5) is 13.2. The summed E-state index contributed by atoms with van der Waals surface area (Å²) >= 11 is 1.44. The van der Waals surface area contributed by atoms with Crippen LogP contribution in [0.25, 0.3) is 0 Å². The van der Waals surface area contributed by atoms with Gasteiger partial charge in [0, 0.05) is 5.69 Å². The van der Waals surface area contributed by atoms with Crippen molar-refractivity contribution in [2.24, 2.45) is 0 Å². The van der Waals surface area contributed by atoms with E-state index in [2.05, 4.69) is 58.2 Å². The van der Waals surface area contributed by atoms with Crippen molar-refractivity contribution in [1.82, 2.24) is 14.9 Å². The predicted octanol–water partition coefficient (Wildman–Crippen LogP) is 3.91. The number of fused-ring (bicyclic) bond motifs is 1. The van der Waals surface area contributed by atoms with E-state index in [4.69, 9.17) is 0 Å². The van der Waals surface area contributed by atoms with Gasteiger partial charge in [-0.3, -0.25) is 4.79 Å². The van der Waals surface area contributed by atoms with Gasteiger partial charge in [0.05, 0.1) is 6.04 Å². The summed E-state index contributed by atoms with van der Waals surface area (Å²) in [6, 6.07) is 14.1. The van der Waals surface area contributed by atoms with E-state index in [-0.39, 0.29) is 17.2 Å². The molecule has 0 saturated heterocycles. The Labute approximate surface area is 168 Å². The van der Waals surface area contributed by atoms with E-state index >= 15 is 0 Å². The maximum atomic E-state index is 13.2. The van der Waals surface area contributed by atoms with Crippen molar-refractivity contribution < 1.29 is 4.79 Å². The van der Waals surface area contributed by atoms with Crippen LogP contribution < -0.4 is 10.7 Å². The number of anilines is 1. The Morgan fingerprint density at radius 2 is 1.75 bits per heavy atom. The van der Waals surface area contributed by atoms with E-state index in [9.17, 15) is 4.79 Å². The van der Waals surface area contributed by atoms with Crippen LogP contribution in [0.2, 0.25) is 0 Å². The van der Waals surface area contributed by atoms with Gasteiger partial charge in [-0.2, -0.15) is 0 Å². The molecule has 1 aliphatic heterocycles. The Kier molecular flexibility index (Phi) is 4.85. The first-order valence-corrected chi connectivity index (χ1v) is 10.1. The molecule has 1 aromatic heterocycles. The molecule has 6 nitrogen and oxygen atoms in total. The first-order valence-electron chi connectivity index (χ1n) is 9.22. The number of carbonyl (C=O) groups excluding carboxylic acids is 1. The monoisotopic (exact) mass is 393 g/mol. The Balaban J connectivity index is 1.67. The molecular formula is C21H23N5OS. The largest absolute Gasteiger partial charge is 0.325 e. The summed E-state index contributed by atoms with van der Waals surface area (Å²) in [6.45, 7) is 8.00. The zero-order valence-electron chi connectivity index (χ0n) is 16.4. The second-order valence-electron chi connectivity index (χ2n) is 7.23. The molecule has 2 N–H and O–H groups in total. The highest BCUT2D eigenvalue weighted by Gasteiger charge is 2.37. The lowest BCUT2D eigenvalue weighted by molar-refractivity contribution is -0.116. The fourth-order valence-corrected chi connectivity index (χ4v) is 4.47. The van der Waals surface area contributed by atoms with E-state index in [1.165, 1.54) is 22.9 Å². The molecule has 2 aromatic carbocycles. The second-order valence-corrected chi connectivity index (χ2v) is 8.34. The van der Waals surface area contributed by atoms with Crippen LogP contribution in [0, 0.1) is 27.7 Å². The molecule has 3 aromatic rings. The SMILES string of the molecule is Cc1ccc([C@H]2Nn3c(C)nnc3S[C@@H]2C(=O)Nc2ccc(C)cc2C)cc1. The van der Waals surface area contributed by atoms with Crippen molar-refractivity contribution in [2.75, 3.05) is 10.7 Å². The van der Waals surface area contributed by atoms with Gasteiger partial charge in [0.15, 0.2) is 0 Å². The van der Waals surface area contributed by atoms with Crippen molar-refractivity contribution in [1.29, 1.82) is 0 Å². The van der Waals surface area contributed by atoms with E-state index in [1.54, 1.807) is 0 Å². The first-order chi connectivity index (χ1) is 13.4. The molecule has 0 aliphatic carbocycles. The maximum Gasteiger partial charge on any atom is 0.240 e. The minimum absolute atomic E-state index is 0.0538. The summed E-state index contributed by atoms with van der Waals surface area (Å²) in [5.41, 5.74) is 8.73. The quantitative estimate of drug-likeness (QED) is 0.706. The summed E-state index contributed by atoms with van der Waals surface area (Å²) in [5.74, 6) is 0.717. The molecule has 0 saturated carbocycles. The average molecular weight is 394 g/mol. The van der Waals surface area contributed by atoms with Gasteiger partial charge in [-0.05, 0) is 44.9 Å². The minimum atomic E-state index is -0.375. The van der Waals surface area contributed by atoms with Gasteiger partial charge in [-0.15, -0.1) is 10.2 Å². The molecule has 4 rings (SSSR count). The molecular weight excluding hydrogens is 370 g/mol. The normalized spacial score (nSPS) is 18.3. The number of carbonyl (C=O) groups is 1. The third-order valence-corrected chi connectivity index (χ3v) is 6.15. The average Bonchev–Trinajstić information content (AvgIpc) is 3.04. The van der Waals surface area contributed by atoms with Crippen LogP contribution in [0.15, 0.2) is 47.6 Å². The van der Waals surface area contributed by atoms with Crippen LogP contribution in [0.5, 0.6) is 0 Å². The van der Waals surface area contributed by atoms with Gasteiger partial charge in [0.2, 0.25) is 11.1 Å². The Morgan fingerprint density at radius 1 is 1.04 bits per heavy atom. The van der Waals surface area contributed by atoms with Crippen molar-refractivity contribution in [3.05, 3.63) is 70.5 Å². The highest BCUT2D eigenvalue weighted by atomic mass is 32.2. The molecule has 0 bridgehead atoms. The number of hydrogen-bond donors (Lipinski definition) is 2. The first kappa shape index (κ1) is 18.6. The predicted molar refractivity (Wildman–Crippen MR) is 112 cm³/mol. The number of rotatable bonds is 3. The molecule has 2 heterocycles. The smallest absolute Gasteiger partial charge is 0.240 e. The van der Waals surface area contributed by atoms with Crippen LogP contribution >= 0.6 is 11.8 Å². The number of nitrogens with zero attached hydrogens (tertiary/aromatic N) is 3. The fourth-order valence-electron chi connectivity index (χ4n) is 3.34.